The highest BCUT2D eigenvalue weighted by molar-refractivity contribution is 7.81. The van der Waals surface area contributed by atoms with Crippen LogP contribution in [0.25, 0.3) is 0 Å². The zero-order valence-corrected chi connectivity index (χ0v) is 17.6. The molecular weight excluding hydrogens is 429 g/mol. The van der Waals surface area contributed by atoms with Gasteiger partial charge in [0.2, 0.25) is 6.79 Å². The molecule has 10 heteroatoms. The summed E-state index contributed by atoms with van der Waals surface area (Å²) in [6.07, 6.45) is -1.28. The number of aromatic hydroxyl groups is 1. The largest absolute Gasteiger partial charge is 0.505 e. The smallest absolute Gasteiger partial charge is 0.412 e. The van der Waals surface area contributed by atoms with Crippen molar-refractivity contribution in [3.63, 3.8) is 0 Å². The number of carbonyl (C=O) groups is 2. The molecule has 2 atom stereocenters. The summed E-state index contributed by atoms with van der Waals surface area (Å²) in [5.74, 6) is -1.13. The lowest BCUT2D eigenvalue weighted by atomic mass is 9.94. The molecular formula is C21H22FNO7S. The number of carbonyl (C=O) groups excluding carboxylic acids is 2. The summed E-state index contributed by atoms with van der Waals surface area (Å²) in [6, 6.07) is 8.63. The van der Waals surface area contributed by atoms with Gasteiger partial charge in [-0.3, -0.25) is 10.1 Å². The predicted molar refractivity (Wildman–Crippen MR) is 112 cm³/mol. The van der Waals surface area contributed by atoms with Gasteiger partial charge in [0.25, 0.3) is 0 Å². The van der Waals surface area contributed by atoms with Crippen molar-refractivity contribution in [2.24, 2.45) is 5.92 Å². The fourth-order valence-corrected chi connectivity index (χ4v) is 3.10. The van der Waals surface area contributed by atoms with Crippen molar-refractivity contribution in [3.8, 4) is 17.2 Å². The van der Waals surface area contributed by atoms with Gasteiger partial charge in [-0.1, -0.05) is 13.0 Å². The maximum Gasteiger partial charge on any atom is 0.412 e. The summed E-state index contributed by atoms with van der Waals surface area (Å²) in [5.41, 5.74) is 0.782. The number of nitrogens with one attached hydrogen (secondary N) is 1. The molecule has 1 amide bonds. The quantitative estimate of drug-likeness (QED) is 0.411. The van der Waals surface area contributed by atoms with E-state index in [1.165, 1.54) is 12.1 Å². The van der Waals surface area contributed by atoms with Crippen LogP contribution in [0.3, 0.4) is 0 Å². The summed E-state index contributed by atoms with van der Waals surface area (Å²) >= 11 is 3.84. The molecule has 0 saturated heterocycles. The number of phenolic OH excluding ortho intramolecular Hbond substituents is 1. The standard InChI is InChI=1S/C21H22FNO7S/c1-12(6-7-27-19(25)10-31)20(13-2-4-16(24)15(22)8-13)30-21(26)23-14-3-5-17-18(9-14)29-11-28-17/h2-5,8-9,12,20,24,31H,6-7,10-11H2,1H3,(H,23,26)/t12-,20-/m0/s1. The Morgan fingerprint density at radius 2 is 2.00 bits per heavy atom. The molecule has 0 unspecified atom stereocenters. The van der Waals surface area contributed by atoms with Crippen LogP contribution < -0.4 is 14.8 Å². The van der Waals surface area contributed by atoms with Crippen molar-refractivity contribution in [1.82, 2.24) is 0 Å². The number of fused-ring (bicyclic) bond motifs is 1. The molecule has 0 aromatic heterocycles. The summed E-state index contributed by atoms with van der Waals surface area (Å²) in [6.45, 7) is 1.97. The molecule has 2 aromatic carbocycles. The molecule has 0 fully saturated rings. The number of anilines is 1. The highest BCUT2D eigenvalue weighted by Gasteiger charge is 2.25. The molecule has 166 valence electrons. The van der Waals surface area contributed by atoms with Crippen LogP contribution in [0.1, 0.15) is 25.0 Å². The van der Waals surface area contributed by atoms with Gasteiger partial charge in [0.15, 0.2) is 23.1 Å². The first-order valence-electron chi connectivity index (χ1n) is 9.49. The van der Waals surface area contributed by atoms with E-state index in [-0.39, 0.29) is 25.1 Å². The third kappa shape index (κ3) is 5.94. The van der Waals surface area contributed by atoms with Crippen LogP contribution in [-0.4, -0.2) is 36.3 Å². The van der Waals surface area contributed by atoms with Crippen LogP contribution in [0.5, 0.6) is 17.2 Å². The molecule has 1 heterocycles. The summed E-state index contributed by atoms with van der Waals surface area (Å²) in [4.78, 5) is 23.8. The number of esters is 1. The van der Waals surface area contributed by atoms with Crippen LogP contribution in [-0.2, 0) is 14.3 Å². The first-order chi connectivity index (χ1) is 14.9. The van der Waals surface area contributed by atoms with E-state index < -0.39 is 29.7 Å². The van der Waals surface area contributed by atoms with Gasteiger partial charge in [-0.05, 0) is 36.2 Å². The zero-order valence-electron chi connectivity index (χ0n) is 16.7. The van der Waals surface area contributed by atoms with Crippen LogP contribution in [0, 0.1) is 11.7 Å². The van der Waals surface area contributed by atoms with Gasteiger partial charge in [-0.2, -0.15) is 12.6 Å². The minimum Gasteiger partial charge on any atom is -0.505 e. The highest BCUT2D eigenvalue weighted by Crippen LogP contribution is 2.35. The lowest BCUT2D eigenvalue weighted by molar-refractivity contribution is -0.141. The second kappa shape index (κ2) is 10.3. The second-order valence-electron chi connectivity index (χ2n) is 6.87. The molecule has 8 nitrogen and oxygen atoms in total. The van der Waals surface area contributed by atoms with Gasteiger partial charge < -0.3 is 24.1 Å². The molecule has 0 radical (unpaired) electrons. The van der Waals surface area contributed by atoms with Crippen molar-refractivity contribution in [2.45, 2.75) is 19.4 Å². The number of amides is 1. The van der Waals surface area contributed by atoms with Gasteiger partial charge in [0, 0.05) is 17.7 Å². The lowest BCUT2D eigenvalue weighted by Crippen LogP contribution is -2.23. The number of rotatable bonds is 8. The first-order valence-corrected chi connectivity index (χ1v) is 10.1. The Labute approximate surface area is 183 Å². The zero-order chi connectivity index (χ0) is 22.4. The van der Waals surface area contributed by atoms with Gasteiger partial charge in [0.05, 0.1) is 12.4 Å². The van der Waals surface area contributed by atoms with Gasteiger partial charge in [-0.15, -0.1) is 0 Å². The first kappa shape index (κ1) is 22.5. The number of ether oxygens (including phenoxy) is 4. The minimum atomic E-state index is -0.862. The topological polar surface area (TPSA) is 103 Å². The minimum absolute atomic E-state index is 0.0462. The summed E-state index contributed by atoms with van der Waals surface area (Å²) in [7, 11) is 0. The van der Waals surface area contributed by atoms with Gasteiger partial charge in [0.1, 0.15) is 6.10 Å². The molecule has 0 bridgehead atoms. The van der Waals surface area contributed by atoms with E-state index in [0.29, 0.717) is 29.2 Å². The fourth-order valence-electron chi connectivity index (χ4n) is 3.01. The van der Waals surface area contributed by atoms with E-state index in [9.17, 15) is 19.1 Å². The Bertz CT molecular complexity index is 955. The third-order valence-electron chi connectivity index (χ3n) is 4.64. The molecule has 0 saturated carbocycles. The van der Waals surface area contributed by atoms with E-state index in [2.05, 4.69) is 17.9 Å². The van der Waals surface area contributed by atoms with E-state index >= 15 is 0 Å². The number of benzene rings is 2. The molecule has 2 N–H and O–H groups in total. The number of hydrogen-bond acceptors (Lipinski definition) is 8. The van der Waals surface area contributed by atoms with Crippen LogP contribution >= 0.6 is 12.6 Å². The number of halogens is 1. The molecule has 3 rings (SSSR count). The maximum absolute atomic E-state index is 13.9. The lowest BCUT2D eigenvalue weighted by Gasteiger charge is -2.25. The summed E-state index contributed by atoms with van der Waals surface area (Å²) < 4.78 is 35.0. The van der Waals surface area contributed by atoms with Crippen LogP contribution in [0.2, 0.25) is 0 Å². The average molecular weight is 451 g/mol. The molecule has 0 aliphatic carbocycles. The van der Waals surface area contributed by atoms with Crippen molar-refractivity contribution >= 4 is 30.4 Å². The van der Waals surface area contributed by atoms with Crippen LogP contribution in [0.15, 0.2) is 36.4 Å². The normalized spacial score (nSPS) is 13.9. The van der Waals surface area contributed by atoms with Crippen molar-refractivity contribution in [1.29, 1.82) is 0 Å². The van der Waals surface area contributed by atoms with Crippen molar-refractivity contribution in [3.05, 3.63) is 47.8 Å². The Morgan fingerprint density at radius 1 is 1.23 bits per heavy atom. The van der Waals surface area contributed by atoms with Crippen molar-refractivity contribution < 1.29 is 38.0 Å². The Balaban J connectivity index is 1.71. The Kier molecular flexibility index (Phi) is 7.45. The molecule has 1 aliphatic rings. The second-order valence-corrected chi connectivity index (χ2v) is 7.19. The molecule has 1 aliphatic heterocycles. The molecule has 0 spiro atoms. The maximum atomic E-state index is 13.9. The predicted octanol–water partition coefficient (Wildman–Crippen LogP) is 4.05. The fraction of sp³-hybridized carbons (Fsp3) is 0.333. The van der Waals surface area contributed by atoms with E-state index in [1.54, 1.807) is 25.1 Å². The van der Waals surface area contributed by atoms with E-state index in [4.69, 9.17) is 18.9 Å². The van der Waals surface area contributed by atoms with Gasteiger partial charge >= 0.3 is 12.1 Å². The van der Waals surface area contributed by atoms with Crippen molar-refractivity contribution in [2.75, 3.05) is 24.5 Å². The number of phenols is 1. The SMILES string of the molecule is C[C@@H](CCOC(=O)CS)[C@H](OC(=O)Nc1ccc2c(c1)OCO2)c1ccc(O)c(F)c1. The van der Waals surface area contributed by atoms with Gasteiger partial charge in [-0.25, -0.2) is 9.18 Å². The van der Waals surface area contributed by atoms with E-state index in [0.717, 1.165) is 6.07 Å². The average Bonchev–Trinajstić information content (AvgIpc) is 3.21. The number of thiol groups is 1. The Morgan fingerprint density at radius 3 is 2.74 bits per heavy atom. The van der Waals surface area contributed by atoms with Crippen LogP contribution in [0.4, 0.5) is 14.9 Å². The monoisotopic (exact) mass is 451 g/mol. The molecule has 2 aromatic rings. The molecule has 31 heavy (non-hydrogen) atoms. The third-order valence-corrected chi connectivity index (χ3v) is 4.89. The number of hydrogen-bond donors (Lipinski definition) is 3. The highest BCUT2D eigenvalue weighted by atomic mass is 32.1. The summed E-state index contributed by atoms with van der Waals surface area (Å²) in [5, 5.41) is 12.1. The van der Waals surface area contributed by atoms with E-state index in [1.807, 2.05) is 0 Å². The Hall–Kier alpha value is -3.14.